The first kappa shape index (κ1) is 11.7. The Labute approximate surface area is 108 Å². The summed E-state index contributed by atoms with van der Waals surface area (Å²) >= 11 is 11.8. The van der Waals surface area contributed by atoms with Crippen LogP contribution in [-0.2, 0) is 0 Å². The Morgan fingerprint density at radius 3 is 2.29 bits per heavy atom. The molecule has 0 saturated carbocycles. The molecule has 0 saturated heterocycles. The van der Waals surface area contributed by atoms with Crippen LogP contribution in [0.25, 0.3) is 11.1 Å². The Bertz CT molecular complexity index is 597. The van der Waals surface area contributed by atoms with E-state index in [-0.39, 0.29) is 11.5 Å². The molecule has 0 aliphatic carbocycles. The van der Waals surface area contributed by atoms with E-state index in [0.717, 1.165) is 5.56 Å². The largest absolute Gasteiger partial charge is 0.383 e. The van der Waals surface area contributed by atoms with Crippen molar-refractivity contribution in [3.8, 4) is 17.2 Å². The minimum atomic E-state index is 0.277. The second-order valence-electron chi connectivity index (χ2n) is 3.40. The van der Waals surface area contributed by atoms with Gasteiger partial charge in [-0.05, 0) is 35.9 Å². The lowest BCUT2D eigenvalue weighted by Gasteiger charge is -2.06. The van der Waals surface area contributed by atoms with E-state index in [0.29, 0.717) is 15.6 Å². The Morgan fingerprint density at radius 1 is 1.12 bits per heavy atom. The van der Waals surface area contributed by atoms with Crippen molar-refractivity contribution in [2.75, 3.05) is 5.73 Å². The van der Waals surface area contributed by atoms with E-state index in [1.165, 1.54) is 0 Å². The third kappa shape index (κ3) is 2.50. The van der Waals surface area contributed by atoms with Crippen LogP contribution in [-0.4, -0.2) is 4.98 Å². The van der Waals surface area contributed by atoms with Crippen molar-refractivity contribution >= 4 is 29.0 Å². The molecule has 17 heavy (non-hydrogen) atoms. The molecule has 0 amide bonds. The zero-order valence-corrected chi connectivity index (χ0v) is 10.1. The number of nitrogens with two attached hydrogens (primary N) is 1. The average molecular weight is 264 g/mol. The molecule has 0 spiro atoms. The van der Waals surface area contributed by atoms with Crippen LogP contribution in [0.5, 0.6) is 0 Å². The number of hydrogen-bond acceptors (Lipinski definition) is 3. The van der Waals surface area contributed by atoms with Gasteiger partial charge in [-0.1, -0.05) is 23.2 Å². The zero-order valence-electron chi connectivity index (χ0n) is 8.61. The van der Waals surface area contributed by atoms with Crippen LogP contribution < -0.4 is 5.73 Å². The van der Waals surface area contributed by atoms with Gasteiger partial charge in [-0.25, -0.2) is 4.98 Å². The monoisotopic (exact) mass is 263 g/mol. The predicted molar refractivity (Wildman–Crippen MR) is 68.8 cm³/mol. The summed E-state index contributed by atoms with van der Waals surface area (Å²) in [6.45, 7) is 0. The van der Waals surface area contributed by atoms with Crippen molar-refractivity contribution in [1.29, 1.82) is 5.26 Å². The molecule has 0 fully saturated rings. The zero-order chi connectivity index (χ0) is 12.4. The fourth-order valence-electron chi connectivity index (χ4n) is 1.49. The molecule has 84 valence electrons. The van der Waals surface area contributed by atoms with Gasteiger partial charge in [0.15, 0.2) is 0 Å². The SMILES string of the molecule is N#Cc1ccc(-c2cc(Cl)cc(Cl)c2)c(N)n1. The molecule has 0 unspecified atom stereocenters. The summed E-state index contributed by atoms with van der Waals surface area (Å²) in [6.07, 6.45) is 0. The molecule has 2 rings (SSSR count). The summed E-state index contributed by atoms with van der Waals surface area (Å²) in [7, 11) is 0. The van der Waals surface area contributed by atoms with Crippen molar-refractivity contribution < 1.29 is 0 Å². The first-order valence-electron chi connectivity index (χ1n) is 4.73. The summed E-state index contributed by atoms with van der Waals surface area (Å²) in [6, 6.07) is 10.4. The van der Waals surface area contributed by atoms with Crippen LogP contribution >= 0.6 is 23.2 Å². The number of nitrogens with zero attached hydrogens (tertiary/aromatic N) is 2. The summed E-state index contributed by atoms with van der Waals surface area (Å²) in [4.78, 5) is 3.96. The molecule has 0 radical (unpaired) electrons. The van der Waals surface area contributed by atoms with Gasteiger partial charge in [-0.3, -0.25) is 0 Å². The summed E-state index contributed by atoms with van der Waals surface area (Å²) in [5, 5.41) is 9.75. The summed E-state index contributed by atoms with van der Waals surface area (Å²) in [5.74, 6) is 0.280. The van der Waals surface area contributed by atoms with E-state index in [9.17, 15) is 0 Å². The minimum absolute atomic E-state index is 0.277. The number of pyridine rings is 1. The highest BCUT2D eigenvalue weighted by molar-refractivity contribution is 6.35. The number of halogens is 2. The number of nitrogen functional groups attached to an aromatic ring is 1. The van der Waals surface area contributed by atoms with Crippen LogP contribution in [0.4, 0.5) is 5.82 Å². The second-order valence-corrected chi connectivity index (χ2v) is 4.27. The number of nitriles is 1. The molecule has 1 aromatic carbocycles. The fraction of sp³-hybridized carbons (Fsp3) is 0. The topological polar surface area (TPSA) is 62.7 Å². The van der Waals surface area contributed by atoms with Crippen LogP contribution in [0.3, 0.4) is 0 Å². The van der Waals surface area contributed by atoms with Gasteiger partial charge in [0.2, 0.25) is 0 Å². The highest BCUT2D eigenvalue weighted by Gasteiger charge is 2.07. The fourth-order valence-corrected chi connectivity index (χ4v) is 2.02. The smallest absolute Gasteiger partial charge is 0.142 e. The first-order chi connectivity index (χ1) is 8.10. The molecular formula is C12H7Cl2N3. The number of rotatable bonds is 1. The normalized spacial score (nSPS) is 9.94. The van der Waals surface area contributed by atoms with Gasteiger partial charge in [-0.2, -0.15) is 5.26 Å². The van der Waals surface area contributed by atoms with Gasteiger partial charge >= 0.3 is 0 Å². The van der Waals surface area contributed by atoms with Crippen LogP contribution in [0, 0.1) is 11.3 Å². The van der Waals surface area contributed by atoms with Crippen molar-refractivity contribution in [1.82, 2.24) is 4.98 Å². The molecule has 0 aliphatic rings. The van der Waals surface area contributed by atoms with Gasteiger partial charge in [0, 0.05) is 15.6 Å². The van der Waals surface area contributed by atoms with Crippen molar-refractivity contribution in [3.63, 3.8) is 0 Å². The number of aromatic nitrogens is 1. The highest BCUT2D eigenvalue weighted by atomic mass is 35.5. The molecular weight excluding hydrogens is 257 g/mol. The van der Waals surface area contributed by atoms with E-state index < -0.39 is 0 Å². The Balaban J connectivity index is 2.57. The lowest BCUT2D eigenvalue weighted by Crippen LogP contribution is -1.96. The van der Waals surface area contributed by atoms with Crippen molar-refractivity contribution in [2.24, 2.45) is 0 Å². The molecule has 1 aromatic heterocycles. The Morgan fingerprint density at radius 2 is 1.76 bits per heavy atom. The quantitative estimate of drug-likeness (QED) is 0.857. The number of benzene rings is 1. The van der Waals surface area contributed by atoms with E-state index in [2.05, 4.69) is 4.98 Å². The number of hydrogen-bond donors (Lipinski definition) is 1. The van der Waals surface area contributed by atoms with Gasteiger partial charge in [0.05, 0.1) is 0 Å². The minimum Gasteiger partial charge on any atom is -0.383 e. The van der Waals surface area contributed by atoms with Gasteiger partial charge in [-0.15, -0.1) is 0 Å². The second kappa shape index (κ2) is 4.62. The Kier molecular flexibility index (Phi) is 3.19. The maximum atomic E-state index is 8.70. The first-order valence-corrected chi connectivity index (χ1v) is 5.49. The maximum absolute atomic E-state index is 8.70. The van der Waals surface area contributed by atoms with Gasteiger partial charge in [0.25, 0.3) is 0 Å². The third-order valence-electron chi connectivity index (χ3n) is 2.21. The van der Waals surface area contributed by atoms with E-state index >= 15 is 0 Å². The highest BCUT2D eigenvalue weighted by Crippen LogP contribution is 2.30. The van der Waals surface area contributed by atoms with Crippen LogP contribution in [0.1, 0.15) is 5.69 Å². The molecule has 3 nitrogen and oxygen atoms in total. The van der Waals surface area contributed by atoms with Crippen LogP contribution in [0.15, 0.2) is 30.3 Å². The van der Waals surface area contributed by atoms with Crippen molar-refractivity contribution in [2.45, 2.75) is 0 Å². The average Bonchev–Trinajstić information content (AvgIpc) is 2.27. The van der Waals surface area contributed by atoms with Crippen LogP contribution in [0.2, 0.25) is 10.0 Å². The van der Waals surface area contributed by atoms with Crippen molar-refractivity contribution in [3.05, 3.63) is 46.1 Å². The summed E-state index contributed by atoms with van der Waals surface area (Å²) < 4.78 is 0. The third-order valence-corrected chi connectivity index (χ3v) is 2.65. The Hall–Kier alpha value is -1.76. The van der Waals surface area contributed by atoms with E-state index in [1.807, 2.05) is 6.07 Å². The van der Waals surface area contributed by atoms with Gasteiger partial charge in [0.1, 0.15) is 17.6 Å². The predicted octanol–water partition coefficient (Wildman–Crippen LogP) is 3.51. The molecule has 1 heterocycles. The number of anilines is 1. The van der Waals surface area contributed by atoms with E-state index in [1.54, 1.807) is 30.3 Å². The standard InChI is InChI=1S/C12H7Cl2N3/c13-8-3-7(4-9(14)5-8)11-2-1-10(6-15)17-12(11)16/h1-5H,(H2,16,17). The molecule has 0 atom stereocenters. The van der Waals surface area contributed by atoms with E-state index in [4.69, 9.17) is 34.2 Å². The summed E-state index contributed by atoms with van der Waals surface area (Å²) in [5.41, 5.74) is 7.54. The molecule has 0 aliphatic heterocycles. The molecule has 0 bridgehead atoms. The lowest BCUT2D eigenvalue weighted by atomic mass is 10.1. The lowest BCUT2D eigenvalue weighted by molar-refractivity contribution is 1.27. The molecule has 5 heteroatoms. The molecule has 2 N–H and O–H groups in total. The maximum Gasteiger partial charge on any atom is 0.142 e. The van der Waals surface area contributed by atoms with Gasteiger partial charge < -0.3 is 5.73 Å². The molecule has 2 aromatic rings.